The Balaban J connectivity index is 1.82. The van der Waals surface area contributed by atoms with Crippen LogP contribution in [0.15, 0.2) is 41.4 Å². The Kier molecular flexibility index (Phi) is 7.28. The molecule has 1 saturated heterocycles. The Morgan fingerprint density at radius 3 is 2.67 bits per heavy atom. The van der Waals surface area contributed by atoms with Crippen LogP contribution >= 0.6 is 35.0 Å². The lowest BCUT2D eigenvalue weighted by atomic mass is 10.2. The standard InChI is InChI=1S/C21H21Cl2N3O3S/c1-4-26-19(27)11-18(20(28)24-13-6-5-12(2)15(22)9-13)30-21(26)25-14-7-8-17(29-3)16(23)10-14/h5-10,18H,4,11H2,1-3H3,(H,24,28). The molecule has 0 aromatic heterocycles. The molecule has 1 fully saturated rings. The first-order valence-corrected chi connectivity index (χ1v) is 10.9. The van der Waals surface area contributed by atoms with Crippen LogP contribution in [0.5, 0.6) is 5.75 Å². The minimum atomic E-state index is -0.604. The number of aliphatic imine (C=N–C) groups is 1. The molecule has 1 atom stereocenters. The zero-order valence-corrected chi connectivity index (χ0v) is 19.1. The number of amidine groups is 1. The highest BCUT2D eigenvalue weighted by atomic mass is 35.5. The predicted molar refractivity (Wildman–Crippen MR) is 123 cm³/mol. The maximum Gasteiger partial charge on any atom is 0.238 e. The van der Waals surface area contributed by atoms with Crippen LogP contribution in [0, 0.1) is 6.92 Å². The number of halogens is 2. The molecule has 158 valence electrons. The predicted octanol–water partition coefficient (Wildman–Crippen LogP) is 5.29. The number of methoxy groups -OCH3 is 1. The summed E-state index contributed by atoms with van der Waals surface area (Å²) in [6, 6.07) is 10.4. The van der Waals surface area contributed by atoms with Crippen LogP contribution in [0.2, 0.25) is 10.0 Å². The molecule has 9 heteroatoms. The highest BCUT2D eigenvalue weighted by Crippen LogP contribution is 2.33. The van der Waals surface area contributed by atoms with Crippen molar-refractivity contribution < 1.29 is 14.3 Å². The molecule has 1 N–H and O–H groups in total. The monoisotopic (exact) mass is 465 g/mol. The van der Waals surface area contributed by atoms with Crippen LogP contribution in [-0.4, -0.2) is 40.8 Å². The maximum absolute atomic E-state index is 12.8. The van der Waals surface area contributed by atoms with Gasteiger partial charge in [-0.2, -0.15) is 0 Å². The second-order valence-electron chi connectivity index (χ2n) is 6.62. The van der Waals surface area contributed by atoms with Crippen molar-refractivity contribution in [1.82, 2.24) is 4.90 Å². The van der Waals surface area contributed by atoms with Crippen LogP contribution in [0.1, 0.15) is 18.9 Å². The number of ether oxygens (including phenoxy) is 1. The van der Waals surface area contributed by atoms with E-state index in [2.05, 4.69) is 10.3 Å². The highest BCUT2D eigenvalue weighted by molar-refractivity contribution is 8.15. The SMILES string of the molecule is CCN1C(=O)CC(C(=O)Nc2ccc(C)c(Cl)c2)SC1=Nc1ccc(OC)c(Cl)c1. The first kappa shape index (κ1) is 22.5. The second-order valence-corrected chi connectivity index (χ2v) is 8.60. The van der Waals surface area contributed by atoms with E-state index < -0.39 is 5.25 Å². The third-order valence-electron chi connectivity index (χ3n) is 4.55. The van der Waals surface area contributed by atoms with Crippen LogP contribution in [0.4, 0.5) is 11.4 Å². The largest absolute Gasteiger partial charge is 0.495 e. The van der Waals surface area contributed by atoms with Crippen molar-refractivity contribution in [2.24, 2.45) is 4.99 Å². The fraction of sp³-hybridized carbons (Fsp3) is 0.286. The molecule has 1 heterocycles. The van der Waals surface area contributed by atoms with Crippen molar-refractivity contribution in [3.63, 3.8) is 0 Å². The zero-order valence-electron chi connectivity index (χ0n) is 16.7. The first-order valence-electron chi connectivity index (χ1n) is 9.28. The molecule has 1 unspecified atom stereocenters. The van der Waals surface area contributed by atoms with Gasteiger partial charge in [-0.15, -0.1) is 0 Å². The normalized spacial score (nSPS) is 17.9. The van der Waals surface area contributed by atoms with Gasteiger partial charge >= 0.3 is 0 Å². The lowest BCUT2D eigenvalue weighted by Gasteiger charge is -2.31. The number of thioether (sulfide) groups is 1. The molecule has 0 saturated carbocycles. The minimum absolute atomic E-state index is 0.0896. The van der Waals surface area contributed by atoms with E-state index in [9.17, 15) is 9.59 Å². The van der Waals surface area contributed by atoms with Gasteiger partial charge in [0.05, 0.1) is 17.8 Å². The minimum Gasteiger partial charge on any atom is -0.495 e. The summed E-state index contributed by atoms with van der Waals surface area (Å²) in [6.45, 7) is 4.21. The number of carbonyl (C=O) groups excluding carboxylic acids is 2. The Bertz CT molecular complexity index is 1010. The van der Waals surface area contributed by atoms with E-state index in [1.807, 2.05) is 19.9 Å². The van der Waals surface area contributed by atoms with E-state index in [1.165, 1.54) is 18.9 Å². The molecule has 0 radical (unpaired) electrons. The number of nitrogens with one attached hydrogen (secondary N) is 1. The summed E-state index contributed by atoms with van der Waals surface area (Å²) >= 11 is 13.6. The number of nitrogens with zero attached hydrogens (tertiary/aromatic N) is 2. The lowest BCUT2D eigenvalue weighted by Crippen LogP contribution is -2.45. The summed E-state index contributed by atoms with van der Waals surface area (Å²) in [4.78, 5) is 31.6. The number of hydrogen-bond acceptors (Lipinski definition) is 5. The van der Waals surface area contributed by atoms with Crippen molar-refractivity contribution >= 4 is 63.3 Å². The van der Waals surface area contributed by atoms with E-state index >= 15 is 0 Å². The Morgan fingerprint density at radius 2 is 2.03 bits per heavy atom. The molecular weight excluding hydrogens is 445 g/mol. The summed E-state index contributed by atoms with van der Waals surface area (Å²) < 4.78 is 5.16. The van der Waals surface area contributed by atoms with Gasteiger partial charge in [-0.05, 0) is 49.7 Å². The second kappa shape index (κ2) is 9.73. The quantitative estimate of drug-likeness (QED) is 0.650. The van der Waals surface area contributed by atoms with Crippen molar-refractivity contribution in [2.45, 2.75) is 25.5 Å². The fourth-order valence-electron chi connectivity index (χ4n) is 2.88. The van der Waals surface area contributed by atoms with Crippen molar-refractivity contribution in [3.8, 4) is 5.75 Å². The topological polar surface area (TPSA) is 71.0 Å². The molecule has 0 bridgehead atoms. The van der Waals surface area contributed by atoms with Crippen LogP contribution in [-0.2, 0) is 9.59 Å². The molecule has 2 aromatic carbocycles. The Labute approximate surface area is 189 Å². The highest BCUT2D eigenvalue weighted by Gasteiger charge is 2.35. The molecule has 3 rings (SSSR count). The molecule has 30 heavy (non-hydrogen) atoms. The van der Waals surface area contributed by atoms with Gasteiger partial charge in [0.15, 0.2) is 5.17 Å². The fourth-order valence-corrected chi connectivity index (χ4v) is 4.48. The molecular formula is C21H21Cl2N3O3S. The number of benzene rings is 2. The molecule has 6 nitrogen and oxygen atoms in total. The van der Waals surface area contributed by atoms with Gasteiger partial charge in [-0.3, -0.25) is 14.5 Å². The summed E-state index contributed by atoms with van der Waals surface area (Å²) in [5.41, 5.74) is 2.07. The van der Waals surface area contributed by atoms with E-state index in [4.69, 9.17) is 27.9 Å². The van der Waals surface area contributed by atoms with Crippen molar-refractivity contribution in [1.29, 1.82) is 0 Å². The number of aryl methyl sites for hydroxylation is 1. The molecule has 0 aliphatic carbocycles. The number of anilines is 1. The molecule has 2 aromatic rings. The van der Waals surface area contributed by atoms with E-state index in [0.717, 1.165) is 5.56 Å². The third kappa shape index (κ3) is 5.09. The zero-order chi connectivity index (χ0) is 21.8. The molecule has 1 aliphatic rings. The van der Waals surface area contributed by atoms with Gasteiger partial charge in [0, 0.05) is 23.7 Å². The van der Waals surface area contributed by atoms with Gasteiger partial charge in [-0.1, -0.05) is 41.0 Å². The number of rotatable bonds is 5. The van der Waals surface area contributed by atoms with Crippen LogP contribution < -0.4 is 10.1 Å². The van der Waals surface area contributed by atoms with Crippen molar-refractivity contribution in [2.75, 3.05) is 19.0 Å². The Hall–Kier alpha value is -2.22. The van der Waals surface area contributed by atoms with Gasteiger partial charge < -0.3 is 10.1 Å². The van der Waals surface area contributed by atoms with E-state index in [-0.39, 0.29) is 18.2 Å². The average Bonchev–Trinajstić information content (AvgIpc) is 2.70. The van der Waals surface area contributed by atoms with Gasteiger partial charge in [0.25, 0.3) is 0 Å². The van der Waals surface area contributed by atoms with Crippen molar-refractivity contribution in [3.05, 3.63) is 52.0 Å². The van der Waals surface area contributed by atoms with Crippen LogP contribution in [0.3, 0.4) is 0 Å². The molecule has 1 aliphatic heterocycles. The van der Waals surface area contributed by atoms with Gasteiger partial charge in [0.2, 0.25) is 11.8 Å². The summed E-state index contributed by atoms with van der Waals surface area (Å²) in [6.07, 6.45) is 0.0896. The number of amides is 2. The summed E-state index contributed by atoms with van der Waals surface area (Å²) in [5, 5.41) is 3.67. The number of carbonyl (C=O) groups is 2. The maximum atomic E-state index is 12.8. The smallest absolute Gasteiger partial charge is 0.238 e. The van der Waals surface area contributed by atoms with Gasteiger partial charge in [-0.25, -0.2) is 4.99 Å². The average molecular weight is 466 g/mol. The van der Waals surface area contributed by atoms with E-state index in [0.29, 0.717) is 38.9 Å². The number of hydrogen-bond donors (Lipinski definition) is 1. The summed E-state index contributed by atoms with van der Waals surface area (Å²) in [5.74, 6) is 0.107. The Morgan fingerprint density at radius 1 is 1.27 bits per heavy atom. The summed E-state index contributed by atoms with van der Waals surface area (Å²) in [7, 11) is 1.53. The van der Waals surface area contributed by atoms with E-state index in [1.54, 1.807) is 35.2 Å². The third-order valence-corrected chi connectivity index (χ3v) is 6.44. The van der Waals surface area contributed by atoms with Crippen LogP contribution in [0.25, 0.3) is 0 Å². The van der Waals surface area contributed by atoms with Gasteiger partial charge in [0.1, 0.15) is 11.0 Å². The first-order chi connectivity index (χ1) is 14.3. The molecule has 2 amide bonds. The lowest BCUT2D eigenvalue weighted by molar-refractivity contribution is -0.129. The molecule has 0 spiro atoms.